The van der Waals surface area contributed by atoms with E-state index in [2.05, 4.69) is 5.32 Å². The van der Waals surface area contributed by atoms with Crippen LogP contribution in [0.4, 0.5) is 5.69 Å². The van der Waals surface area contributed by atoms with E-state index >= 15 is 0 Å². The van der Waals surface area contributed by atoms with Crippen molar-refractivity contribution in [1.82, 2.24) is 0 Å². The van der Waals surface area contributed by atoms with E-state index in [1.807, 2.05) is 0 Å². The molecule has 0 saturated heterocycles. The zero-order valence-corrected chi connectivity index (χ0v) is 9.70. The number of benzene rings is 1. The summed E-state index contributed by atoms with van der Waals surface area (Å²) >= 11 is -1.06. The van der Waals surface area contributed by atoms with Gasteiger partial charge in [0.2, 0.25) is 0 Å². The number of nitrogens with one attached hydrogen (secondary N) is 1. The van der Waals surface area contributed by atoms with E-state index in [0.29, 0.717) is 10.0 Å². The standard InChI is InChI=1S/C7H8AsNO4S/c10-8-6-1-3-7(4-2-6)9-5-14(11,12)13/h1-4,9H,5H2,(H,11,12,13)/p-1. The molecule has 0 atom stereocenters. The Labute approximate surface area is 88.2 Å². The SMILES string of the molecule is O=[As]c1ccc(NCS(=O)(=O)[O-])cc1. The van der Waals surface area contributed by atoms with E-state index in [1.54, 1.807) is 24.3 Å². The Balaban J connectivity index is 2.65. The molecule has 0 aliphatic carbocycles. The topological polar surface area (TPSA) is 86.3 Å². The minimum atomic E-state index is -4.25. The predicted molar refractivity (Wildman–Crippen MR) is 50.7 cm³/mol. The van der Waals surface area contributed by atoms with E-state index in [0.717, 1.165) is 0 Å². The maximum absolute atomic E-state index is 10.5. The molecule has 0 radical (unpaired) electrons. The molecule has 76 valence electrons. The van der Waals surface area contributed by atoms with Crippen LogP contribution in [-0.2, 0) is 13.9 Å². The quantitative estimate of drug-likeness (QED) is 0.579. The fourth-order valence-electron chi connectivity index (χ4n) is 0.812. The van der Waals surface area contributed by atoms with Gasteiger partial charge in [0.1, 0.15) is 0 Å². The first kappa shape index (κ1) is 11.4. The minimum absolute atomic E-state index is 0.517. The average Bonchev–Trinajstić information content (AvgIpc) is 2.14. The number of rotatable bonds is 4. The normalized spacial score (nSPS) is 11.5. The van der Waals surface area contributed by atoms with Gasteiger partial charge in [-0.15, -0.1) is 0 Å². The third-order valence-electron chi connectivity index (χ3n) is 1.43. The summed E-state index contributed by atoms with van der Waals surface area (Å²) in [5.74, 6) is -0.641. The van der Waals surface area contributed by atoms with Crippen LogP contribution in [0.2, 0.25) is 0 Å². The van der Waals surface area contributed by atoms with Crippen LogP contribution in [0.5, 0.6) is 0 Å². The second-order valence-electron chi connectivity index (χ2n) is 2.52. The Hall–Kier alpha value is -0.712. The first-order chi connectivity index (χ1) is 6.51. The van der Waals surface area contributed by atoms with Crippen LogP contribution in [0.3, 0.4) is 0 Å². The molecule has 0 aliphatic heterocycles. The van der Waals surface area contributed by atoms with E-state index in [1.165, 1.54) is 0 Å². The molecule has 5 nitrogen and oxygen atoms in total. The molecule has 0 unspecified atom stereocenters. The van der Waals surface area contributed by atoms with Gasteiger partial charge in [0.25, 0.3) is 0 Å². The number of anilines is 1. The van der Waals surface area contributed by atoms with E-state index < -0.39 is 31.7 Å². The van der Waals surface area contributed by atoms with Crippen molar-refractivity contribution in [2.24, 2.45) is 0 Å². The third kappa shape index (κ3) is 4.00. The third-order valence-corrected chi connectivity index (χ3v) is 2.99. The van der Waals surface area contributed by atoms with E-state index in [9.17, 15) is 16.7 Å². The summed E-state index contributed by atoms with van der Waals surface area (Å²) in [4.78, 5) is 0. The summed E-state index contributed by atoms with van der Waals surface area (Å²) < 4.78 is 42.0. The van der Waals surface area contributed by atoms with Crippen LogP contribution in [0.1, 0.15) is 0 Å². The first-order valence-electron chi connectivity index (χ1n) is 3.62. The Morgan fingerprint density at radius 3 is 2.29 bits per heavy atom. The van der Waals surface area contributed by atoms with Gasteiger partial charge in [-0.25, -0.2) is 0 Å². The van der Waals surface area contributed by atoms with Crippen LogP contribution >= 0.6 is 0 Å². The monoisotopic (exact) mass is 276 g/mol. The Bertz CT molecular complexity index is 414. The predicted octanol–water partition coefficient (Wildman–Crippen LogP) is -0.724. The molecule has 1 N–H and O–H groups in total. The van der Waals surface area contributed by atoms with Crippen LogP contribution in [-0.4, -0.2) is 34.5 Å². The summed E-state index contributed by atoms with van der Waals surface area (Å²) in [6, 6.07) is 6.39. The Morgan fingerprint density at radius 1 is 1.29 bits per heavy atom. The van der Waals surface area contributed by atoms with Crippen molar-refractivity contribution >= 4 is 35.8 Å². The molecular formula is C7H7AsNO4S-. The van der Waals surface area contributed by atoms with Gasteiger partial charge < -0.3 is 0 Å². The summed E-state index contributed by atoms with van der Waals surface area (Å²) in [6.45, 7) is 0. The van der Waals surface area contributed by atoms with Gasteiger partial charge in [-0.3, -0.25) is 0 Å². The van der Waals surface area contributed by atoms with Gasteiger partial charge in [0, 0.05) is 0 Å². The van der Waals surface area contributed by atoms with Gasteiger partial charge in [-0.1, -0.05) is 0 Å². The van der Waals surface area contributed by atoms with Gasteiger partial charge >= 0.3 is 88.0 Å². The van der Waals surface area contributed by atoms with Gasteiger partial charge in [0.15, 0.2) is 0 Å². The van der Waals surface area contributed by atoms with Gasteiger partial charge in [-0.2, -0.15) is 0 Å². The molecule has 0 fully saturated rings. The molecule has 1 aromatic carbocycles. The van der Waals surface area contributed by atoms with Crippen LogP contribution in [0.25, 0.3) is 0 Å². The fourth-order valence-corrected chi connectivity index (χ4v) is 1.72. The summed E-state index contributed by atoms with van der Waals surface area (Å²) in [5.41, 5.74) is 0.517. The van der Waals surface area contributed by atoms with Gasteiger partial charge in [-0.05, 0) is 0 Å². The van der Waals surface area contributed by atoms with E-state index in [4.69, 9.17) is 0 Å². The Kier molecular flexibility index (Phi) is 3.80. The molecule has 1 aromatic rings. The van der Waals surface area contributed by atoms with Gasteiger partial charge in [0.05, 0.1) is 0 Å². The van der Waals surface area contributed by atoms with Crippen molar-refractivity contribution in [3.05, 3.63) is 24.3 Å². The zero-order chi connectivity index (χ0) is 10.6. The van der Waals surface area contributed by atoms with Crippen molar-refractivity contribution in [1.29, 1.82) is 0 Å². The molecule has 14 heavy (non-hydrogen) atoms. The number of hydrogen-bond donors (Lipinski definition) is 1. The molecule has 1 rings (SSSR count). The maximum atomic E-state index is 10.5. The molecule has 0 saturated carbocycles. The first-order valence-corrected chi connectivity index (χ1v) is 6.90. The van der Waals surface area contributed by atoms with Crippen molar-refractivity contribution < 1.29 is 16.7 Å². The fraction of sp³-hybridized carbons (Fsp3) is 0.143. The summed E-state index contributed by atoms with van der Waals surface area (Å²) in [5, 5.41) is 2.44. The average molecular weight is 276 g/mol. The Morgan fingerprint density at radius 2 is 1.86 bits per heavy atom. The second kappa shape index (κ2) is 4.68. The van der Waals surface area contributed by atoms with Crippen molar-refractivity contribution in [3.63, 3.8) is 0 Å². The van der Waals surface area contributed by atoms with Crippen molar-refractivity contribution in [2.45, 2.75) is 0 Å². The molecule has 7 heteroatoms. The molecular weight excluding hydrogens is 269 g/mol. The molecule has 0 heterocycles. The molecule has 0 aliphatic rings. The van der Waals surface area contributed by atoms with E-state index in [-0.39, 0.29) is 0 Å². The molecule has 0 amide bonds. The molecule has 0 spiro atoms. The second-order valence-corrected chi connectivity index (χ2v) is 5.39. The molecule has 0 aromatic heterocycles. The van der Waals surface area contributed by atoms with Crippen molar-refractivity contribution in [2.75, 3.05) is 11.2 Å². The van der Waals surface area contributed by atoms with Crippen LogP contribution in [0.15, 0.2) is 24.3 Å². The van der Waals surface area contributed by atoms with Crippen LogP contribution in [0, 0.1) is 0 Å². The van der Waals surface area contributed by atoms with Crippen LogP contribution < -0.4 is 9.67 Å². The molecule has 0 bridgehead atoms. The summed E-state index contributed by atoms with van der Waals surface area (Å²) in [6.07, 6.45) is 0. The number of hydrogen-bond acceptors (Lipinski definition) is 5. The summed E-state index contributed by atoms with van der Waals surface area (Å²) in [7, 11) is -4.25. The van der Waals surface area contributed by atoms with Crippen molar-refractivity contribution in [3.8, 4) is 0 Å². The zero-order valence-electron chi connectivity index (χ0n) is 7.00.